The van der Waals surface area contributed by atoms with Gasteiger partial charge in [0.05, 0.1) is 18.0 Å². The summed E-state index contributed by atoms with van der Waals surface area (Å²) < 4.78 is 31.4. The second kappa shape index (κ2) is 10.1. The molecule has 0 aliphatic heterocycles. The van der Waals surface area contributed by atoms with Crippen LogP contribution in [0.2, 0.25) is 0 Å². The van der Waals surface area contributed by atoms with Gasteiger partial charge < -0.3 is 15.4 Å². The molecule has 0 spiro atoms. The zero-order valence-corrected chi connectivity index (χ0v) is 17.5. The van der Waals surface area contributed by atoms with Crippen molar-refractivity contribution in [1.29, 1.82) is 0 Å². The minimum Gasteiger partial charge on any atom is -0.380 e. The van der Waals surface area contributed by atoms with Crippen LogP contribution in [0.3, 0.4) is 0 Å². The fourth-order valence-electron chi connectivity index (χ4n) is 2.66. The van der Waals surface area contributed by atoms with Gasteiger partial charge in [0.2, 0.25) is 21.8 Å². The van der Waals surface area contributed by atoms with Crippen LogP contribution in [0.15, 0.2) is 53.4 Å². The number of likely N-dealkylation sites (N-methyl/N-ethyl adjacent to an activating group) is 1. The van der Waals surface area contributed by atoms with Gasteiger partial charge in [-0.2, -0.15) is 4.31 Å². The van der Waals surface area contributed by atoms with Gasteiger partial charge in [0.1, 0.15) is 0 Å². The Labute approximate surface area is 170 Å². The number of carbonyl (C=O) groups is 2. The largest absolute Gasteiger partial charge is 0.380 e. The van der Waals surface area contributed by atoms with Crippen LogP contribution in [0.25, 0.3) is 0 Å². The van der Waals surface area contributed by atoms with Crippen LogP contribution in [0.5, 0.6) is 0 Å². The Morgan fingerprint density at radius 3 is 2.24 bits per heavy atom. The summed E-state index contributed by atoms with van der Waals surface area (Å²) in [6.07, 6.45) is 0. The molecule has 0 atom stereocenters. The molecule has 8 nitrogen and oxygen atoms in total. The number of benzene rings is 2. The third-order valence-corrected chi connectivity index (χ3v) is 5.96. The molecule has 0 bridgehead atoms. The van der Waals surface area contributed by atoms with Crippen LogP contribution in [0.1, 0.15) is 18.1 Å². The van der Waals surface area contributed by atoms with E-state index in [-0.39, 0.29) is 23.9 Å². The van der Waals surface area contributed by atoms with Gasteiger partial charge in [0.15, 0.2) is 0 Å². The van der Waals surface area contributed by atoms with E-state index >= 15 is 0 Å². The second-order valence-corrected chi connectivity index (χ2v) is 8.49. The molecule has 2 N–H and O–H groups in total. The maximum atomic E-state index is 12.7. The molecule has 9 heteroatoms. The summed E-state index contributed by atoms with van der Waals surface area (Å²) >= 11 is 0. The van der Waals surface area contributed by atoms with Crippen molar-refractivity contribution in [3.63, 3.8) is 0 Å². The van der Waals surface area contributed by atoms with Crippen LogP contribution >= 0.6 is 0 Å². The molecule has 0 heterocycles. The van der Waals surface area contributed by atoms with Gasteiger partial charge in [-0.15, -0.1) is 0 Å². The van der Waals surface area contributed by atoms with E-state index in [1.54, 1.807) is 7.11 Å². The summed E-state index contributed by atoms with van der Waals surface area (Å²) in [7, 11) is -0.901. The third-order valence-electron chi connectivity index (χ3n) is 4.14. The van der Waals surface area contributed by atoms with Crippen LogP contribution in [-0.2, 0) is 37.5 Å². The first-order valence-corrected chi connectivity index (χ1v) is 10.3. The average Bonchev–Trinajstić information content (AvgIpc) is 2.67. The van der Waals surface area contributed by atoms with Gasteiger partial charge in [0.25, 0.3) is 0 Å². The summed E-state index contributed by atoms with van der Waals surface area (Å²) in [5, 5.41) is 5.31. The highest BCUT2D eigenvalue weighted by atomic mass is 32.2. The first-order chi connectivity index (χ1) is 13.7. The van der Waals surface area contributed by atoms with E-state index in [1.807, 2.05) is 24.3 Å². The molecule has 0 radical (unpaired) electrons. The van der Waals surface area contributed by atoms with Gasteiger partial charge in [-0.25, -0.2) is 8.42 Å². The predicted molar refractivity (Wildman–Crippen MR) is 110 cm³/mol. The lowest BCUT2D eigenvalue weighted by Gasteiger charge is -2.17. The maximum Gasteiger partial charge on any atom is 0.243 e. The number of hydrogen-bond acceptors (Lipinski definition) is 5. The molecule has 0 saturated heterocycles. The smallest absolute Gasteiger partial charge is 0.243 e. The number of rotatable bonds is 9. The Kier molecular flexibility index (Phi) is 7.89. The Balaban J connectivity index is 1.98. The molecule has 2 amide bonds. The Morgan fingerprint density at radius 2 is 1.66 bits per heavy atom. The van der Waals surface area contributed by atoms with E-state index in [4.69, 9.17) is 4.74 Å². The van der Waals surface area contributed by atoms with E-state index in [9.17, 15) is 18.0 Å². The minimum absolute atomic E-state index is 0.0346. The average molecular weight is 420 g/mol. The molecule has 156 valence electrons. The van der Waals surface area contributed by atoms with Crippen LogP contribution in [-0.4, -0.2) is 45.2 Å². The van der Waals surface area contributed by atoms with E-state index in [0.29, 0.717) is 12.3 Å². The van der Waals surface area contributed by atoms with Gasteiger partial charge in [-0.1, -0.05) is 24.3 Å². The highest BCUT2D eigenvalue weighted by Crippen LogP contribution is 2.17. The molecule has 0 aliphatic carbocycles. The molecule has 0 aromatic heterocycles. The molecule has 2 aromatic rings. The fraction of sp³-hybridized carbons (Fsp3) is 0.300. The number of hydrogen-bond donors (Lipinski definition) is 2. The molecule has 0 aliphatic rings. The molecular formula is C20H25N3O5S. The summed E-state index contributed by atoms with van der Waals surface area (Å²) in [5.74, 6) is -0.667. The van der Waals surface area contributed by atoms with E-state index in [2.05, 4.69) is 10.6 Å². The van der Waals surface area contributed by atoms with Crippen molar-refractivity contribution in [1.82, 2.24) is 9.62 Å². The van der Waals surface area contributed by atoms with Gasteiger partial charge in [-0.3, -0.25) is 9.59 Å². The SMILES string of the molecule is COCc1ccccc1CNC(=O)CN(C)S(=O)(=O)c1ccc(NC(C)=O)cc1. The Morgan fingerprint density at radius 1 is 1.03 bits per heavy atom. The maximum absolute atomic E-state index is 12.7. The van der Waals surface area contributed by atoms with Gasteiger partial charge in [0, 0.05) is 33.3 Å². The zero-order valence-electron chi connectivity index (χ0n) is 16.6. The Hall–Kier alpha value is -2.75. The predicted octanol–water partition coefficient (Wildman–Crippen LogP) is 1.73. The topological polar surface area (TPSA) is 105 Å². The number of methoxy groups -OCH3 is 1. The lowest BCUT2D eigenvalue weighted by atomic mass is 10.1. The van der Waals surface area contributed by atoms with Crippen molar-refractivity contribution < 1.29 is 22.7 Å². The molecular weight excluding hydrogens is 394 g/mol. The molecule has 2 aromatic carbocycles. The summed E-state index contributed by atoms with van der Waals surface area (Å²) in [6, 6.07) is 13.3. The van der Waals surface area contributed by atoms with E-state index < -0.39 is 15.9 Å². The zero-order chi connectivity index (χ0) is 21.4. The number of anilines is 1. The lowest BCUT2D eigenvalue weighted by molar-refractivity contribution is -0.121. The molecule has 29 heavy (non-hydrogen) atoms. The normalized spacial score (nSPS) is 11.3. The standard InChI is InChI=1S/C20H25N3O5S/c1-15(24)22-18-8-10-19(11-9-18)29(26,27)23(2)13-20(25)21-12-16-6-4-5-7-17(16)14-28-3/h4-11H,12-14H2,1-3H3,(H,21,25)(H,22,24). The van der Waals surface area contributed by atoms with Crippen LogP contribution < -0.4 is 10.6 Å². The summed E-state index contributed by atoms with van der Waals surface area (Å²) in [4.78, 5) is 23.3. The number of ether oxygens (including phenoxy) is 1. The van der Waals surface area contributed by atoms with Crippen molar-refractivity contribution in [3.8, 4) is 0 Å². The summed E-state index contributed by atoms with van der Waals surface area (Å²) in [5.41, 5.74) is 2.35. The lowest BCUT2D eigenvalue weighted by Crippen LogP contribution is -2.38. The fourth-order valence-corrected chi connectivity index (χ4v) is 3.78. The molecule has 2 rings (SSSR count). The van der Waals surface area contributed by atoms with Crippen molar-refractivity contribution >= 4 is 27.5 Å². The second-order valence-electron chi connectivity index (χ2n) is 6.45. The van der Waals surface area contributed by atoms with Crippen molar-refractivity contribution in [2.45, 2.75) is 25.0 Å². The van der Waals surface area contributed by atoms with Crippen LogP contribution in [0.4, 0.5) is 5.69 Å². The number of carbonyl (C=O) groups excluding carboxylic acids is 2. The van der Waals surface area contributed by atoms with Crippen molar-refractivity contribution in [3.05, 3.63) is 59.7 Å². The first-order valence-electron chi connectivity index (χ1n) is 8.90. The van der Waals surface area contributed by atoms with Gasteiger partial charge >= 0.3 is 0 Å². The highest BCUT2D eigenvalue weighted by molar-refractivity contribution is 7.89. The van der Waals surface area contributed by atoms with Crippen molar-refractivity contribution in [2.75, 3.05) is 26.0 Å². The van der Waals surface area contributed by atoms with Crippen molar-refractivity contribution in [2.24, 2.45) is 0 Å². The number of amides is 2. The van der Waals surface area contributed by atoms with E-state index in [1.165, 1.54) is 38.2 Å². The quantitative estimate of drug-likeness (QED) is 0.644. The molecule has 0 fully saturated rings. The number of nitrogens with zero attached hydrogens (tertiary/aromatic N) is 1. The third kappa shape index (κ3) is 6.38. The highest BCUT2D eigenvalue weighted by Gasteiger charge is 2.23. The summed E-state index contributed by atoms with van der Waals surface area (Å²) in [6.45, 7) is 1.75. The van der Waals surface area contributed by atoms with Crippen LogP contribution in [0, 0.1) is 0 Å². The van der Waals surface area contributed by atoms with E-state index in [0.717, 1.165) is 15.4 Å². The first kappa shape index (κ1) is 22.5. The number of sulfonamides is 1. The Bertz CT molecular complexity index is 958. The van der Waals surface area contributed by atoms with Gasteiger partial charge in [-0.05, 0) is 35.4 Å². The number of nitrogens with one attached hydrogen (secondary N) is 2. The molecule has 0 unspecified atom stereocenters. The minimum atomic E-state index is -3.84. The monoisotopic (exact) mass is 419 g/mol. The molecule has 0 saturated carbocycles.